The smallest absolute Gasteiger partial charge is 0.170 e. The normalized spacial score (nSPS) is 27.4. The number of ketones is 2. The zero-order valence-corrected chi connectivity index (χ0v) is 12.2. The van der Waals surface area contributed by atoms with Crippen LogP contribution >= 0.6 is 0 Å². The van der Waals surface area contributed by atoms with Gasteiger partial charge < -0.3 is 0 Å². The van der Waals surface area contributed by atoms with Crippen LogP contribution in [0.2, 0.25) is 0 Å². The molecule has 0 aliphatic heterocycles. The van der Waals surface area contributed by atoms with Crippen molar-refractivity contribution in [3.05, 3.63) is 35.4 Å². The van der Waals surface area contributed by atoms with Crippen LogP contribution in [0.5, 0.6) is 0 Å². The monoisotopic (exact) mass is 270 g/mol. The Balaban J connectivity index is 1.95. The quantitative estimate of drug-likeness (QED) is 0.759. The second-order valence-corrected chi connectivity index (χ2v) is 6.61. The van der Waals surface area contributed by atoms with Crippen LogP contribution in [0, 0.1) is 5.92 Å². The standard InChI is InChI=1S/C18H22O2/c1-18(12-13-7-3-2-4-8-13)15-10-6-5-9-14(15)16(19)11-17(18)20/h5-6,9-10,13H,2-4,7-8,11-12H2,1H3. The Morgan fingerprint density at radius 3 is 2.55 bits per heavy atom. The van der Waals surface area contributed by atoms with Crippen molar-refractivity contribution in [2.24, 2.45) is 5.92 Å². The molecule has 106 valence electrons. The lowest BCUT2D eigenvalue weighted by molar-refractivity contribution is -0.124. The van der Waals surface area contributed by atoms with Gasteiger partial charge in [-0.1, -0.05) is 56.4 Å². The van der Waals surface area contributed by atoms with E-state index in [0.717, 1.165) is 17.5 Å². The number of rotatable bonds is 2. The Bertz CT molecular complexity index is 540. The predicted octanol–water partition coefficient (Wildman–Crippen LogP) is 4.07. The van der Waals surface area contributed by atoms with Crippen LogP contribution in [-0.4, -0.2) is 11.6 Å². The van der Waals surface area contributed by atoms with Gasteiger partial charge in [-0.15, -0.1) is 0 Å². The topological polar surface area (TPSA) is 34.1 Å². The molecule has 0 amide bonds. The molecule has 20 heavy (non-hydrogen) atoms. The fourth-order valence-corrected chi connectivity index (χ4v) is 3.99. The van der Waals surface area contributed by atoms with E-state index in [0.29, 0.717) is 5.92 Å². The van der Waals surface area contributed by atoms with Crippen LogP contribution in [-0.2, 0) is 10.2 Å². The summed E-state index contributed by atoms with van der Waals surface area (Å²) < 4.78 is 0. The van der Waals surface area contributed by atoms with E-state index in [-0.39, 0.29) is 18.0 Å². The van der Waals surface area contributed by atoms with Crippen molar-refractivity contribution in [1.82, 2.24) is 0 Å². The van der Waals surface area contributed by atoms with Crippen LogP contribution in [0.15, 0.2) is 24.3 Å². The maximum atomic E-state index is 12.5. The van der Waals surface area contributed by atoms with Gasteiger partial charge >= 0.3 is 0 Å². The summed E-state index contributed by atoms with van der Waals surface area (Å²) in [4.78, 5) is 24.6. The van der Waals surface area contributed by atoms with Crippen molar-refractivity contribution in [1.29, 1.82) is 0 Å². The molecule has 2 aliphatic rings. The summed E-state index contributed by atoms with van der Waals surface area (Å²) in [5, 5.41) is 0. The minimum absolute atomic E-state index is 0.00767. The third kappa shape index (κ3) is 2.21. The second-order valence-electron chi connectivity index (χ2n) is 6.61. The number of carbonyl (C=O) groups excluding carboxylic acids is 2. The molecule has 0 aromatic heterocycles. The molecule has 1 aromatic rings. The lowest BCUT2D eigenvalue weighted by Crippen LogP contribution is -2.41. The van der Waals surface area contributed by atoms with Gasteiger partial charge in [-0.05, 0) is 24.8 Å². The molecular weight excluding hydrogens is 248 g/mol. The molecule has 0 radical (unpaired) electrons. The second kappa shape index (κ2) is 5.16. The van der Waals surface area contributed by atoms with E-state index in [4.69, 9.17) is 0 Å². The SMILES string of the molecule is CC1(CC2CCCCC2)C(=O)CC(=O)c2ccccc21. The van der Waals surface area contributed by atoms with Crippen molar-refractivity contribution in [3.8, 4) is 0 Å². The molecule has 0 spiro atoms. The molecule has 1 atom stereocenters. The van der Waals surface area contributed by atoms with Gasteiger partial charge in [0.05, 0.1) is 11.8 Å². The van der Waals surface area contributed by atoms with E-state index in [1.165, 1.54) is 32.1 Å². The van der Waals surface area contributed by atoms with Crippen molar-refractivity contribution in [2.45, 2.75) is 57.3 Å². The first kappa shape index (κ1) is 13.5. The van der Waals surface area contributed by atoms with Crippen LogP contribution in [0.25, 0.3) is 0 Å². The van der Waals surface area contributed by atoms with E-state index in [9.17, 15) is 9.59 Å². The van der Waals surface area contributed by atoms with Crippen molar-refractivity contribution in [3.63, 3.8) is 0 Å². The lowest BCUT2D eigenvalue weighted by atomic mass is 9.64. The highest BCUT2D eigenvalue weighted by Gasteiger charge is 2.43. The van der Waals surface area contributed by atoms with E-state index in [1.807, 2.05) is 24.3 Å². The fraction of sp³-hybridized carbons (Fsp3) is 0.556. The third-order valence-corrected chi connectivity index (χ3v) is 5.18. The van der Waals surface area contributed by atoms with Gasteiger partial charge in [0.25, 0.3) is 0 Å². The van der Waals surface area contributed by atoms with Gasteiger partial charge in [0.2, 0.25) is 0 Å². The van der Waals surface area contributed by atoms with Gasteiger partial charge in [0, 0.05) is 5.56 Å². The Morgan fingerprint density at radius 1 is 1.10 bits per heavy atom. The summed E-state index contributed by atoms with van der Waals surface area (Å²) in [6.45, 7) is 2.05. The lowest BCUT2D eigenvalue weighted by Gasteiger charge is -2.37. The highest BCUT2D eigenvalue weighted by molar-refractivity contribution is 6.15. The summed E-state index contributed by atoms with van der Waals surface area (Å²) in [7, 11) is 0. The number of fused-ring (bicyclic) bond motifs is 1. The largest absolute Gasteiger partial charge is 0.298 e. The number of Topliss-reactive ketones (excluding diaryl/α,β-unsaturated/α-hetero) is 2. The molecule has 2 heteroatoms. The molecule has 1 unspecified atom stereocenters. The van der Waals surface area contributed by atoms with Crippen LogP contribution < -0.4 is 0 Å². The Hall–Kier alpha value is -1.44. The molecule has 0 N–H and O–H groups in total. The fourth-order valence-electron chi connectivity index (χ4n) is 3.99. The Morgan fingerprint density at radius 2 is 1.80 bits per heavy atom. The third-order valence-electron chi connectivity index (χ3n) is 5.18. The summed E-state index contributed by atoms with van der Waals surface area (Å²) in [5.41, 5.74) is 1.28. The molecule has 2 nitrogen and oxygen atoms in total. The van der Waals surface area contributed by atoms with Crippen LogP contribution in [0.4, 0.5) is 0 Å². The number of carbonyl (C=O) groups is 2. The zero-order chi connectivity index (χ0) is 14.2. The van der Waals surface area contributed by atoms with Crippen molar-refractivity contribution < 1.29 is 9.59 Å². The summed E-state index contributed by atoms with van der Waals surface area (Å²) in [6, 6.07) is 7.70. The molecule has 0 saturated heterocycles. The highest BCUT2D eigenvalue weighted by Crippen LogP contribution is 2.42. The molecule has 1 fully saturated rings. The van der Waals surface area contributed by atoms with Crippen LogP contribution in [0.1, 0.15) is 67.8 Å². The van der Waals surface area contributed by atoms with Crippen LogP contribution in [0.3, 0.4) is 0 Å². The Kier molecular flexibility index (Phi) is 3.49. The van der Waals surface area contributed by atoms with Gasteiger partial charge in [-0.3, -0.25) is 9.59 Å². The molecule has 1 aromatic carbocycles. The zero-order valence-electron chi connectivity index (χ0n) is 12.2. The van der Waals surface area contributed by atoms with Gasteiger partial charge in [0.15, 0.2) is 11.6 Å². The first-order chi connectivity index (χ1) is 9.61. The first-order valence-corrected chi connectivity index (χ1v) is 7.77. The van der Waals surface area contributed by atoms with Gasteiger partial charge in [-0.25, -0.2) is 0 Å². The minimum atomic E-state index is -0.452. The minimum Gasteiger partial charge on any atom is -0.298 e. The molecule has 0 heterocycles. The van der Waals surface area contributed by atoms with Crippen molar-refractivity contribution >= 4 is 11.6 Å². The average molecular weight is 270 g/mol. The Labute approximate surface area is 120 Å². The molecule has 1 saturated carbocycles. The number of hydrogen-bond acceptors (Lipinski definition) is 2. The summed E-state index contributed by atoms with van der Waals surface area (Å²) >= 11 is 0. The molecular formula is C18H22O2. The van der Waals surface area contributed by atoms with Crippen molar-refractivity contribution in [2.75, 3.05) is 0 Å². The number of hydrogen-bond donors (Lipinski definition) is 0. The highest BCUT2D eigenvalue weighted by atomic mass is 16.2. The predicted molar refractivity (Wildman–Crippen MR) is 78.9 cm³/mol. The van der Waals surface area contributed by atoms with E-state index >= 15 is 0 Å². The molecule has 3 rings (SSSR count). The molecule has 0 bridgehead atoms. The summed E-state index contributed by atoms with van der Waals surface area (Å²) in [6.07, 6.45) is 7.37. The molecule has 2 aliphatic carbocycles. The average Bonchev–Trinajstić information content (AvgIpc) is 2.47. The van der Waals surface area contributed by atoms with E-state index in [1.54, 1.807) is 0 Å². The maximum Gasteiger partial charge on any atom is 0.170 e. The van der Waals surface area contributed by atoms with E-state index < -0.39 is 5.41 Å². The van der Waals surface area contributed by atoms with Gasteiger partial charge in [0.1, 0.15) is 0 Å². The maximum absolute atomic E-state index is 12.5. The van der Waals surface area contributed by atoms with Gasteiger partial charge in [-0.2, -0.15) is 0 Å². The number of benzene rings is 1. The first-order valence-electron chi connectivity index (χ1n) is 7.77. The summed E-state index contributed by atoms with van der Waals surface area (Å²) in [5.74, 6) is 0.748. The van der Waals surface area contributed by atoms with E-state index in [2.05, 4.69) is 6.92 Å².